The van der Waals surface area contributed by atoms with E-state index in [0.29, 0.717) is 19.3 Å². The summed E-state index contributed by atoms with van der Waals surface area (Å²) < 4.78 is 0. The lowest BCUT2D eigenvalue weighted by Crippen LogP contribution is -2.71. The maximum absolute atomic E-state index is 9.98. The molecule has 0 aromatic rings. The van der Waals surface area contributed by atoms with Gasteiger partial charge in [0.15, 0.2) is 0 Å². The summed E-state index contributed by atoms with van der Waals surface area (Å²) in [5.74, 6) is -1.64. The normalized spacial score (nSPS) is 32.4. The first-order valence-electron chi connectivity index (χ1n) is 7.36. The van der Waals surface area contributed by atoms with Crippen LogP contribution < -0.4 is 0 Å². The van der Waals surface area contributed by atoms with Crippen molar-refractivity contribution in [3.05, 3.63) is 0 Å². The summed E-state index contributed by atoms with van der Waals surface area (Å²) in [5.41, 5.74) is 0. The van der Waals surface area contributed by atoms with Crippen LogP contribution in [0, 0.1) is 0 Å². The third kappa shape index (κ3) is 5.58. The van der Waals surface area contributed by atoms with E-state index in [2.05, 4.69) is 19.6 Å². The molecule has 120 valence electrons. The third-order valence-electron chi connectivity index (χ3n) is 3.68. The standard InChI is InChI=1S/C7H12O4.C6H12N4/c8-6(9)4-2-1-3-5-7(10)11;1-7-2-9-4-8(1)5-10(3-7)6-9/h1-5H2,(H,8,9)(H,10,11);1-6H2. The predicted molar refractivity (Wildman–Crippen MR) is 74.9 cm³/mol. The van der Waals surface area contributed by atoms with Gasteiger partial charge in [-0.1, -0.05) is 6.42 Å². The van der Waals surface area contributed by atoms with Crippen LogP contribution >= 0.6 is 0 Å². The van der Waals surface area contributed by atoms with Crippen molar-refractivity contribution in [2.75, 3.05) is 40.0 Å². The van der Waals surface area contributed by atoms with Gasteiger partial charge in [-0.05, 0) is 12.8 Å². The van der Waals surface area contributed by atoms with Gasteiger partial charge in [0.05, 0.1) is 40.0 Å². The van der Waals surface area contributed by atoms with Gasteiger partial charge in [-0.15, -0.1) is 0 Å². The number of nitrogens with zero attached hydrogens (tertiary/aromatic N) is 4. The minimum Gasteiger partial charge on any atom is -0.481 e. The van der Waals surface area contributed by atoms with Gasteiger partial charge in [-0.2, -0.15) is 0 Å². The second-order valence-corrected chi connectivity index (χ2v) is 5.88. The number of carboxylic acids is 2. The van der Waals surface area contributed by atoms with E-state index in [1.165, 1.54) is 40.0 Å². The Morgan fingerprint density at radius 2 is 0.905 bits per heavy atom. The van der Waals surface area contributed by atoms with Crippen molar-refractivity contribution in [3.63, 3.8) is 0 Å². The van der Waals surface area contributed by atoms with E-state index in [1.807, 2.05) is 0 Å². The minimum atomic E-state index is -0.819. The number of carbonyl (C=O) groups is 2. The first kappa shape index (κ1) is 16.2. The summed E-state index contributed by atoms with van der Waals surface area (Å²) in [6.07, 6.45) is 2.10. The summed E-state index contributed by atoms with van der Waals surface area (Å²) in [5, 5.41) is 16.4. The van der Waals surface area contributed by atoms with Crippen molar-refractivity contribution in [1.29, 1.82) is 0 Å². The van der Waals surface area contributed by atoms with E-state index in [0.717, 1.165) is 0 Å². The smallest absolute Gasteiger partial charge is 0.303 e. The lowest BCUT2D eigenvalue weighted by atomic mass is 10.1. The van der Waals surface area contributed by atoms with Crippen molar-refractivity contribution in [2.24, 2.45) is 0 Å². The number of hydrogen-bond acceptors (Lipinski definition) is 6. The SMILES string of the molecule is C1N2CN3CN1CN(C2)C3.O=C(O)CCCCCC(=O)O. The highest BCUT2D eigenvalue weighted by Gasteiger charge is 2.36. The molecule has 0 aromatic carbocycles. The molecule has 4 bridgehead atoms. The van der Waals surface area contributed by atoms with E-state index in [-0.39, 0.29) is 12.8 Å². The lowest BCUT2D eigenvalue weighted by Gasteiger charge is -2.56. The molecule has 21 heavy (non-hydrogen) atoms. The minimum absolute atomic E-state index is 0.139. The quantitative estimate of drug-likeness (QED) is 0.667. The van der Waals surface area contributed by atoms with Gasteiger partial charge < -0.3 is 10.2 Å². The van der Waals surface area contributed by atoms with Crippen molar-refractivity contribution >= 4 is 11.9 Å². The van der Waals surface area contributed by atoms with Crippen LogP contribution in [-0.4, -0.2) is 81.8 Å². The fourth-order valence-corrected chi connectivity index (χ4v) is 2.96. The molecule has 0 unspecified atom stereocenters. The van der Waals surface area contributed by atoms with Crippen LogP contribution in [0.2, 0.25) is 0 Å². The van der Waals surface area contributed by atoms with Crippen molar-refractivity contribution in [1.82, 2.24) is 19.6 Å². The Morgan fingerprint density at radius 3 is 1.14 bits per heavy atom. The van der Waals surface area contributed by atoms with Crippen LogP contribution in [0.3, 0.4) is 0 Å². The summed E-state index contributed by atoms with van der Waals surface area (Å²) in [6.45, 7) is 7.12. The largest absolute Gasteiger partial charge is 0.481 e. The molecule has 0 aromatic heterocycles. The van der Waals surface area contributed by atoms with Crippen molar-refractivity contribution < 1.29 is 19.8 Å². The summed E-state index contributed by atoms with van der Waals surface area (Å²) in [7, 11) is 0. The average molecular weight is 300 g/mol. The first-order valence-corrected chi connectivity index (χ1v) is 7.36. The molecule has 4 aliphatic rings. The Bertz CT molecular complexity index is 305. The Kier molecular flexibility index (Phi) is 5.92. The lowest BCUT2D eigenvalue weighted by molar-refractivity contribution is -0.194. The van der Waals surface area contributed by atoms with E-state index < -0.39 is 11.9 Å². The van der Waals surface area contributed by atoms with Crippen molar-refractivity contribution in [2.45, 2.75) is 32.1 Å². The van der Waals surface area contributed by atoms with Gasteiger partial charge in [0.2, 0.25) is 0 Å². The number of carboxylic acid groups (broad SMARTS) is 2. The monoisotopic (exact) mass is 300 g/mol. The highest BCUT2D eigenvalue weighted by molar-refractivity contribution is 5.67. The molecule has 0 saturated carbocycles. The Hall–Kier alpha value is -1.22. The molecule has 0 atom stereocenters. The molecule has 0 radical (unpaired) electrons. The van der Waals surface area contributed by atoms with Gasteiger partial charge in [-0.25, -0.2) is 0 Å². The van der Waals surface area contributed by atoms with Crippen LogP contribution in [-0.2, 0) is 9.59 Å². The highest BCUT2D eigenvalue weighted by Crippen LogP contribution is 2.20. The van der Waals surface area contributed by atoms with E-state index in [9.17, 15) is 9.59 Å². The number of unbranched alkanes of at least 4 members (excludes halogenated alkanes) is 2. The maximum atomic E-state index is 9.98. The van der Waals surface area contributed by atoms with Crippen LogP contribution in [0.4, 0.5) is 0 Å². The van der Waals surface area contributed by atoms with Crippen LogP contribution in [0.1, 0.15) is 32.1 Å². The van der Waals surface area contributed by atoms with Gasteiger partial charge in [0.25, 0.3) is 0 Å². The molecule has 8 nitrogen and oxygen atoms in total. The molecule has 4 fully saturated rings. The highest BCUT2D eigenvalue weighted by atomic mass is 16.4. The van der Waals surface area contributed by atoms with Crippen LogP contribution in [0.15, 0.2) is 0 Å². The zero-order valence-electron chi connectivity index (χ0n) is 12.3. The van der Waals surface area contributed by atoms with Gasteiger partial charge in [0, 0.05) is 12.8 Å². The molecule has 4 saturated heterocycles. The first-order chi connectivity index (χ1) is 10.0. The van der Waals surface area contributed by atoms with E-state index >= 15 is 0 Å². The molecule has 0 amide bonds. The summed E-state index contributed by atoms with van der Waals surface area (Å²) in [4.78, 5) is 29.8. The fraction of sp³-hybridized carbons (Fsp3) is 0.846. The number of aliphatic carboxylic acids is 2. The number of hydrogen-bond donors (Lipinski definition) is 2. The second kappa shape index (κ2) is 7.69. The van der Waals surface area contributed by atoms with E-state index in [4.69, 9.17) is 10.2 Å². The Labute approximate surface area is 124 Å². The number of rotatable bonds is 6. The molecular weight excluding hydrogens is 276 g/mol. The Morgan fingerprint density at radius 1 is 0.619 bits per heavy atom. The van der Waals surface area contributed by atoms with Crippen molar-refractivity contribution in [3.8, 4) is 0 Å². The molecule has 4 aliphatic heterocycles. The molecule has 4 rings (SSSR count). The van der Waals surface area contributed by atoms with Gasteiger partial charge >= 0.3 is 11.9 Å². The second-order valence-electron chi connectivity index (χ2n) is 5.88. The predicted octanol–water partition coefficient (Wildman–Crippen LogP) is 0.0863. The van der Waals surface area contributed by atoms with E-state index in [1.54, 1.807) is 0 Å². The zero-order valence-corrected chi connectivity index (χ0v) is 12.3. The summed E-state index contributed by atoms with van der Waals surface area (Å²) >= 11 is 0. The molecule has 8 heteroatoms. The molecule has 0 spiro atoms. The van der Waals surface area contributed by atoms with Gasteiger partial charge in [-0.3, -0.25) is 29.2 Å². The van der Waals surface area contributed by atoms with Crippen LogP contribution in [0.25, 0.3) is 0 Å². The molecule has 2 N–H and O–H groups in total. The zero-order chi connectivity index (χ0) is 15.2. The third-order valence-corrected chi connectivity index (χ3v) is 3.68. The molecule has 4 heterocycles. The molecular formula is C13H24N4O4. The summed E-state index contributed by atoms with van der Waals surface area (Å²) in [6, 6.07) is 0. The average Bonchev–Trinajstić information content (AvgIpc) is 2.36. The van der Waals surface area contributed by atoms with Crippen LogP contribution in [0.5, 0.6) is 0 Å². The Balaban J connectivity index is 0.000000153. The molecule has 0 aliphatic carbocycles. The fourth-order valence-electron chi connectivity index (χ4n) is 2.96. The maximum Gasteiger partial charge on any atom is 0.303 e. The van der Waals surface area contributed by atoms with Gasteiger partial charge in [0.1, 0.15) is 0 Å². The topological polar surface area (TPSA) is 87.6 Å².